The third-order valence-electron chi connectivity index (χ3n) is 4.13. The summed E-state index contributed by atoms with van der Waals surface area (Å²) >= 11 is 0. The first-order chi connectivity index (χ1) is 13.1. The fraction of sp³-hybridized carbons (Fsp3) is 0.190. The summed E-state index contributed by atoms with van der Waals surface area (Å²) in [7, 11) is 0. The van der Waals surface area contributed by atoms with Crippen molar-refractivity contribution in [1.82, 2.24) is 0 Å². The molecule has 1 amide bonds. The minimum Gasteiger partial charge on any atom is -0.464 e. The van der Waals surface area contributed by atoms with Crippen LogP contribution in [0.2, 0.25) is 0 Å². The third-order valence-corrected chi connectivity index (χ3v) is 4.13. The zero-order valence-corrected chi connectivity index (χ0v) is 14.8. The van der Waals surface area contributed by atoms with Crippen molar-refractivity contribution in [2.75, 3.05) is 11.9 Å². The number of esters is 1. The van der Waals surface area contributed by atoms with Gasteiger partial charge in [-0.25, -0.2) is 0 Å². The van der Waals surface area contributed by atoms with Crippen LogP contribution in [-0.4, -0.2) is 18.5 Å². The molecule has 136 valence electrons. The van der Waals surface area contributed by atoms with Crippen LogP contribution in [0, 0.1) is 11.3 Å². The quantitative estimate of drug-likeness (QED) is 0.677. The summed E-state index contributed by atoms with van der Waals surface area (Å²) in [5.41, 5.74) is 3.65. The normalized spacial score (nSPS) is 10.4. The topological polar surface area (TPSA) is 92.3 Å². The first-order valence-electron chi connectivity index (χ1n) is 8.53. The van der Waals surface area contributed by atoms with Gasteiger partial charge in [0.2, 0.25) is 0 Å². The molecular weight excluding hydrogens is 344 g/mol. The van der Waals surface area contributed by atoms with Crippen molar-refractivity contribution in [2.24, 2.45) is 0 Å². The number of nitrogens with zero attached hydrogens (tertiary/aromatic N) is 1. The molecule has 0 aliphatic carbocycles. The lowest BCUT2D eigenvalue weighted by Gasteiger charge is -2.06. The summed E-state index contributed by atoms with van der Waals surface area (Å²) in [6, 6.07) is 14.3. The highest BCUT2D eigenvalue weighted by atomic mass is 16.5. The maximum absolute atomic E-state index is 12.0. The Balaban J connectivity index is 1.53. The largest absolute Gasteiger partial charge is 0.464 e. The Morgan fingerprint density at radius 1 is 1.19 bits per heavy atom. The molecule has 0 aliphatic heterocycles. The van der Waals surface area contributed by atoms with E-state index < -0.39 is 11.9 Å². The number of aryl methyl sites for hydroxylation is 1. The molecule has 3 rings (SSSR count). The molecular formula is C21H18N2O4. The van der Waals surface area contributed by atoms with E-state index in [-0.39, 0.29) is 13.0 Å². The molecule has 0 saturated carbocycles. The van der Waals surface area contributed by atoms with Gasteiger partial charge in [-0.15, -0.1) is 0 Å². The molecule has 0 unspecified atom stereocenters. The Labute approximate surface area is 156 Å². The maximum atomic E-state index is 12.0. The minimum atomic E-state index is -0.507. The van der Waals surface area contributed by atoms with E-state index >= 15 is 0 Å². The number of furan rings is 1. The molecule has 0 atom stereocenters. The lowest BCUT2D eigenvalue weighted by molar-refractivity contribution is -0.146. The standard InChI is InChI=1S/C21H18N2O4/c1-2-14-5-8-18-16(12-26-19(18)9-14)10-21(25)27-13-20(24)23-17-6-3-15(11-22)4-7-17/h3-9,12H,2,10,13H2,1H3,(H,23,24). The molecule has 2 aromatic carbocycles. The summed E-state index contributed by atoms with van der Waals surface area (Å²) in [5, 5.41) is 12.2. The molecule has 27 heavy (non-hydrogen) atoms. The highest BCUT2D eigenvalue weighted by Crippen LogP contribution is 2.23. The number of benzene rings is 2. The van der Waals surface area contributed by atoms with Gasteiger partial charge in [-0.3, -0.25) is 9.59 Å². The van der Waals surface area contributed by atoms with Crippen LogP contribution >= 0.6 is 0 Å². The molecule has 0 bridgehead atoms. The monoisotopic (exact) mass is 362 g/mol. The highest BCUT2D eigenvalue weighted by molar-refractivity contribution is 5.93. The van der Waals surface area contributed by atoms with E-state index in [2.05, 4.69) is 12.2 Å². The van der Waals surface area contributed by atoms with E-state index in [9.17, 15) is 9.59 Å². The second-order valence-corrected chi connectivity index (χ2v) is 6.02. The zero-order valence-electron chi connectivity index (χ0n) is 14.8. The molecule has 6 heteroatoms. The molecule has 6 nitrogen and oxygen atoms in total. The number of carbonyl (C=O) groups is 2. The molecule has 3 aromatic rings. The Hall–Kier alpha value is -3.59. The number of nitriles is 1. The third kappa shape index (κ3) is 4.53. The van der Waals surface area contributed by atoms with E-state index in [1.54, 1.807) is 30.5 Å². The minimum absolute atomic E-state index is 0.0304. The predicted octanol–water partition coefficient (Wildman–Crippen LogP) is 3.59. The van der Waals surface area contributed by atoms with Gasteiger partial charge in [0.05, 0.1) is 24.3 Å². The number of hydrogen-bond donors (Lipinski definition) is 1. The smallest absolute Gasteiger partial charge is 0.310 e. The van der Waals surface area contributed by atoms with Crippen molar-refractivity contribution >= 4 is 28.5 Å². The number of ether oxygens (including phenoxy) is 1. The average molecular weight is 362 g/mol. The van der Waals surface area contributed by atoms with Crippen molar-refractivity contribution in [2.45, 2.75) is 19.8 Å². The van der Waals surface area contributed by atoms with Gasteiger partial charge >= 0.3 is 5.97 Å². The SMILES string of the molecule is CCc1ccc2c(CC(=O)OCC(=O)Nc3ccc(C#N)cc3)coc2c1. The Morgan fingerprint density at radius 2 is 1.96 bits per heavy atom. The Morgan fingerprint density at radius 3 is 2.67 bits per heavy atom. The van der Waals surface area contributed by atoms with Crippen LogP contribution in [0.5, 0.6) is 0 Å². The molecule has 0 aliphatic rings. The molecule has 1 aromatic heterocycles. The molecule has 0 saturated heterocycles. The Bertz CT molecular complexity index is 1010. The number of anilines is 1. The van der Waals surface area contributed by atoms with Crippen LogP contribution in [-0.2, 0) is 27.2 Å². The summed E-state index contributed by atoms with van der Waals surface area (Å²) in [6.07, 6.45) is 2.48. The van der Waals surface area contributed by atoms with Crippen LogP contribution in [0.1, 0.15) is 23.6 Å². The van der Waals surface area contributed by atoms with E-state index in [1.165, 1.54) is 0 Å². The molecule has 0 fully saturated rings. The lowest BCUT2D eigenvalue weighted by atomic mass is 10.1. The summed E-state index contributed by atoms with van der Waals surface area (Å²) in [4.78, 5) is 23.9. The van der Waals surface area contributed by atoms with Crippen molar-refractivity contribution in [3.8, 4) is 6.07 Å². The van der Waals surface area contributed by atoms with Gasteiger partial charge in [-0.1, -0.05) is 19.1 Å². The van der Waals surface area contributed by atoms with Gasteiger partial charge in [0.15, 0.2) is 6.61 Å². The molecule has 0 radical (unpaired) electrons. The highest BCUT2D eigenvalue weighted by Gasteiger charge is 2.13. The summed E-state index contributed by atoms with van der Waals surface area (Å²) < 4.78 is 10.5. The number of hydrogen-bond acceptors (Lipinski definition) is 5. The number of rotatable bonds is 6. The lowest BCUT2D eigenvalue weighted by Crippen LogP contribution is -2.21. The Kier molecular flexibility index (Phi) is 5.53. The number of nitrogens with one attached hydrogen (secondary N) is 1. The fourth-order valence-corrected chi connectivity index (χ4v) is 2.66. The zero-order chi connectivity index (χ0) is 19.2. The maximum Gasteiger partial charge on any atom is 0.310 e. The van der Waals surface area contributed by atoms with Crippen LogP contribution < -0.4 is 5.32 Å². The number of fused-ring (bicyclic) bond motifs is 1. The number of carbonyl (C=O) groups excluding carboxylic acids is 2. The van der Waals surface area contributed by atoms with Gasteiger partial charge in [0.25, 0.3) is 5.91 Å². The summed E-state index contributed by atoms with van der Waals surface area (Å²) in [5.74, 6) is -0.954. The van der Waals surface area contributed by atoms with Crippen molar-refractivity contribution in [3.63, 3.8) is 0 Å². The van der Waals surface area contributed by atoms with Gasteiger partial charge < -0.3 is 14.5 Å². The van der Waals surface area contributed by atoms with E-state index in [4.69, 9.17) is 14.4 Å². The van der Waals surface area contributed by atoms with Gasteiger partial charge in [0.1, 0.15) is 5.58 Å². The van der Waals surface area contributed by atoms with Crippen molar-refractivity contribution in [1.29, 1.82) is 5.26 Å². The number of amides is 1. The summed E-state index contributed by atoms with van der Waals surface area (Å²) in [6.45, 7) is 1.68. The van der Waals surface area contributed by atoms with Crippen LogP contribution in [0.15, 0.2) is 53.1 Å². The van der Waals surface area contributed by atoms with E-state index in [1.807, 2.05) is 24.3 Å². The van der Waals surface area contributed by atoms with Crippen molar-refractivity contribution < 1.29 is 18.7 Å². The fourth-order valence-electron chi connectivity index (χ4n) is 2.66. The van der Waals surface area contributed by atoms with Gasteiger partial charge in [-0.2, -0.15) is 5.26 Å². The first-order valence-corrected chi connectivity index (χ1v) is 8.53. The second-order valence-electron chi connectivity index (χ2n) is 6.02. The van der Waals surface area contributed by atoms with Crippen LogP contribution in [0.25, 0.3) is 11.0 Å². The second kappa shape index (κ2) is 8.19. The molecule has 1 heterocycles. The molecule has 0 spiro atoms. The first kappa shape index (κ1) is 18.2. The van der Waals surface area contributed by atoms with E-state index in [0.29, 0.717) is 11.3 Å². The molecule has 1 N–H and O–H groups in total. The van der Waals surface area contributed by atoms with Gasteiger partial charge in [-0.05, 0) is 42.3 Å². The predicted molar refractivity (Wildman–Crippen MR) is 100 cm³/mol. The van der Waals surface area contributed by atoms with Gasteiger partial charge in [0, 0.05) is 16.6 Å². The van der Waals surface area contributed by atoms with Crippen LogP contribution in [0.4, 0.5) is 5.69 Å². The average Bonchev–Trinajstić information content (AvgIpc) is 3.09. The van der Waals surface area contributed by atoms with Crippen molar-refractivity contribution in [3.05, 3.63) is 65.4 Å². The van der Waals surface area contributed by atoms with Crippen LogP contribution in [0.3, 0.4) is 0 Å². The van der Waals surface area contributed by atoms with E-state index in [0.717, 1.165) is 28.5 Å².